The van der Waals surface area contributed by atoms with Gasteiger partial charge in [0.15, 0.2) is 0 Å². The standard InChI is InChI=1S/C13H21N3O3S/c1-13(2,3)9(4-5-11(17)18)6-7-14-12(19)10-8-15-16-20-10/h8-9H,4-7H2,1-3H3,(H,14,19)(H,17,18). The highest BCUT2D eigenvalue weighted by Gasteiger charge is 2.25. The minimum atomic E-state index is -0.779. The molecule has 1 heterocycles. The Labute approximate surface area is 122 Å². The summed E-state index contributed by atoms with van der Waals surface area (Å²) >= 11 is 1.06. The molecule has 7 heteroatoms. The van der Waals surface area contributed by atoms with Gasteiger partial charge in [-0.1, -0.05) is 25.3 Å². The first kappa shape index (κ1) is 16.6. The van der Waals surface area contributed by atoms with E-state index < -0.39 is 5.97 Å². The summed E-state index contributed by atoms with van der Waals surface area (Å²) < 4.78 is 3.64. The van der Waals surface area contributed by atoms with E-state index in [4.69, 9.17) is 5.11 Å². The predicted molar refractivity (Wildman–Crippen MR) is 76.7 cm³/mol. The van der Waals surface area contributed by atoms with E-state index in [1.54, 1.807) is 0 Å². The molecule has 112 valence electrons. The third-order valence-electron chi connectivity index (χ3n) is 3.29. The molecule has 1 aromatic heterocycles. The SMILES string of the molecule is CC(C)(C)C(CCNC(=O)c1cnns1)CCC(=O)O. The molecule has 20 heavy (non-hydrogen) atoms. The maximum atomic E-state index is 11.7. The van der Waals surface area contributed by atoms with Gasteiger partial charge in [0.1, 0.15) is 4.88 Å². The first-order valence-corrected chi connectivity index (χ1v) is 7.35. The van der Waals surface area contributed by atoms with Crippen LogP contribution in [-0.4, -0.2) is 33.1 Å². The Bertz CT molecular complexity index is 440. The van der Waals surface area contributed by atoms with Crippen LogP contribution in [0.15, 0.2) is 6.20 Å². The molecule has 6 nitrogen and oxygen atoms in total. The van der Waals surface area contributed by atoms with Gasteiger partial charge in [-0.2, -0.15) is 0 Å². The van der Waals surface area contributed by atoms with E-state index in [2.05, 4.69) is 35.7 Å². The number of rotatable bonds is 7. The molecule has 0 saturated carbocycles. The molecule has 0 radical (unpaired) electrons. The van der Waals surface area contributed by atoms with Crippen molar-refractivity contribution in [3.63, 3.8) is 0 Å². The minimum absolute atomic E-state index is 0.0201. The van der Waals surface area contributed by atoms with Crippen molar-refractivity contribution >= 4 is 23.4 Å². The summed E-state index contributed by atoms with van der Waals surface area (Å²) in [4.78, 5) is 22.9. The second-order valence-corrected chi connectivity index (χ2v) is 6.61. The van der Waals surface area contributed by atoms with E-state index in [9.17, 15) is 9.59 Å². The zero-order valence-electron chi connectivity index (χ0n) is 12.0. The van der Waals surface area contributed by atoms with E-state index in [0.717, 1.165) is 18.0 Å². The van der Waals surface area contributed by atoms with Gasteiger partial charge in [-0.3, -0.25) is 9.59 Å². The van der Waals surface area contributed by atoms with Crippen LogP contribution < -0.4 is 5.32 Å². The van der Waals surface area contributed by atoms with Gasteiger partial charge in [-0.25, -0.2) is 0 Å². The minimum Gasteiger partial charge on any atom is -0.481 e. The Kier molecular flexibility index (Phi) is 6.06. The van der Waals surface area contributed by atoms with Crippen LogP contribution in [0.25, 0.3) is 0 Å². The summed E-state index contributed by atoms with van der Waals surface area (Å²) in [5.41, 5.74) is 0.0201. The summed E-state index contributed by atoms with van der Waals surface area (Å²) in [6, 6.07) is 0. The molecular weight excluding hydrogens is 278 g/mol. The van der Waals surface area contributed by atoms with Crippen LogP contribution in [-0.2, 0) is 4.79 Å². The second-order valence-electron chi connectivity index (χ2n) is 5.82. The smallest absolute Gasteiger partial charge is 0.303 e. The number of hydrogen-bond acceptors (Lipinski definition) is 5. The van der Waals surface area contributed by atoms with E-state index in [0.29, 0.717) is 17.8 Å². The average Bonchev–Trinajstić information content (AvgIpc) is 2.84. The third-order valence-corrected chi connectivity index (χ3v) is 3.96. The predicted octanol–water partition coefficient (Wildman–Crippen LogP) is 2.19. The molecular formula is C13H21N3O3S. The quantitative estimate of drug-likeness (QED) is 0.805. The summed E-state index contributed by atoms with van der Waals surface area (Å²) in [6.45, 7) is 6.80. The van der Waals surface area contributed by atoms with Crippen molar-refractivity contribution < 1.29 is 14.7 Å². The molecule has 0 bridgehead atoms. The normalized spacial score (nSPS) is 12.9. The van der Waals surface area contributed by atoms with Gasteiger partial charge in [0.25, 0.3) is 5.91 Å². The molecule has 0 aliphatic rings. The van der Waals surface area contributed by atoms with Crippen LogP contribution in [0, 0.1) is 11.3 Å². The van der Waals surface area contributed by atoms with Crippen molar-refractivity contribution in [2.45, 2.75) is 40.0 Å². The number of aromatic nitrogens is 2. The van der Waals surface area contributed by atoms with Gasteiger partial charge in [-0.15, -0.1) is 5.10 Å². The summed E-state index contributed by atoms with van der Waals surface area (Å²) in [5, 5.41) is 15.2. The van der Waals surface area contributed by atoms with Crippen molar-refractivity contribution in [2.75, 3.05) is 6.54 Å². The molecule has 1 amide bonds. The molecule has 2 N–H and O–H groups in total. The Morgan fingerprint density at radius 1 is 1.40 bits per heavy atom. The maximum Gasteiger partial charge on any atom is 0.303 e. The number of hydrogen-bond donors (Lipinski definition) is 2. The fourth-order valence-corrected chi connectivity index (χ4v) is 2.45. The lowest BCUT2D eigenvalue weighted by Crippen LogP contribution is -2.29. The van der Waals surface area contributed by atoms with Gasteiger partial charge in [-0.05, 0) is 35.7 Å². The van der Waals surface area contributed by atoms with Crippen molar-refractivity contribution in [1.82, 2.24) is 14.9 Å². The molecule has 0 aromatic carbocycles. The number of amides is 1. The number of nitrogens with one attached hydrogen (secondary N) is 1. The van der Waals surface area contributed by atoms with Crippen LogP contribution in [0.2, 0.25) is 0 Å². The Hall–Kier alpha value is -1.50. The molecule has 0 aliphatic heterocycles. The Morgan fingerprint density at radius 3 is 2.60 bits per heavy atom. The van der Waals surface area contributed by atoms with Gasteiger partial charge in [0, 0.05) is 13.0 Å². The number of carbonyl (C=O) groups excluding carboxylic acids is 1. The van der Waals surface area contributed by atoms with Crippen LogP contribution in [0.3, 0.4) is 0 Å². The third kappa shape index (κ3) is 5.64. The Morgan fingerprint density at radius 2 is 2.10 bits per heavy atom. The summed E-state index contributed by atoms with van der Waals surface area (Å²) in [5.74, 6) is -0.705. The number of carboxylic acids is 1. The van der Waals surface area contributed by atoms with Crippen molar-refractivity contribution in [1.29, 1.82) is 0 Å². The lowest BCUT2D eigenvalue weighted by molar-refractivity contribution is -0.137. The molecule has 0 fully saturated rings. The fraction of sp³-hybridized carbons (Fsp3) is 0.692. The van der Waals surface area contributed by atoms with Gasteiger partial charge in [0.2, 0.25) is 0 Å². The highest BCUT2D eigenvalue weighted by atomic mass is 32.1. The summed E-state index contributed by atoms with van der Waals surface area (Å²) in [6.07, 6.45) is 2.98. The molecule has 1 aromatic rings. The van der Waals surface area contributed by atoms with Gasteiger partial charge >= 0.3 is 5.97 Å². The van der Waals surface area contributed by atoms with Gasteiger partial charge in [0.05, 0.1) is 6.20 Å². The maximum absolute atomic E-state index is 11.7. The largest absolute Gasteiger partial charge is 0.481 e. The van der Waals surface area contributed by atoms with Crippen LogP contribution in [0.5, 0.6) is 0 Å². The van der Waals surface area contributed by atoms with E-state index in [1.807, 2.05) is 0 Å². The zero-order chi connectivity index (χ0) is 15.2. The molecule has 1 unspecified atom stereocenters. The second kappa shape index (κ2) is 7.33. The molecule has 1 rings (SSSR count). The van der Waals surface area contributed by atoms with Gasteiger partial charge < -0.3 is 10.4 Å². The van der Waals surface area contributed by atoms with Crippen LogP contribution in [0.1, 0.15) is 49.7 Å². The first-order valence-electron chi connectivity index (χ1n) is 6.58. The van der Waals surface area contributed by atoms with Crippen molar-refractivity contribution in [3.8, 4) is 0 Å². The average molecular weight is 299 g/mol. The van der Waals surface area contributed by atoms with E-state index in [1.165, 1.54) is 6.20 Å². The number of carboxylic acid groups (broad SMARTS) is 1. The molecule has 0 saturated heterocycles. The van der Waals surface area contributed by atoms with Crippen molar-refractivity contribution in [2.24, 2.45) is 11.3 Å². The number of aliphatic carboxylic acids is 1. The fourth-order valence-electron chi connectivity index (χ4n) is 2.02. The monoisotopic (exact) mass is 299 g/mol. The topological polar surface area (TPSA) is 92.2 Å². The number of carbonyl (C=O) groups is 2. The lowest BCUT2D eigenvalue weighted by atomic mass is 9.76. The number of nitrogens with zero attached hydrogens (tertiary/aromatic N) is 2. The zero-order valence-corrected chi connectivity index (χ0v) is 12.9. The molecule has 0 aliphatic carbocycles. The highest BCUT2D eigenvalue weighted by molar-refractivity contribution is 7.07. The van der Waals surface area contributed by atoms with Crippen LogP contribution in [0.4, 0.5) is 0 Å². The van der Waals surface area contributed by atoms with Crippen molar-refractivity contribution in [3.05, 3.63) is 11.1 Å². The van der Waals surface area contributed by atoms with E-state index >= 15 is 0 Å². The highest BCUT2D eigenvalue weighted by Crippen LogP contribution is 2.32. The molecule has 1 atom stereocenters. The summed E-state index contributed by atoms with van der Waals surface area (Å²) in [7, 11) is 0. The Balaban J connectivity index is 2.42. The lowest BCUT2D eigenvalue weighted by Gasteiger charge is -2.30. The first-order chi connectivity index (χ1) is 9.30. The van der Waals surface area contributed by atoms with E-state index in [-0.39, 0.29) is 23.7 Å². The molecule has 0 spiro atoms. The van der Waals surface area contributed by atoms with Crippen LogP contribution >= 0.6 is 11.5 Å².